The van der Waals surface area contributed by atoms with E-state index < -0.39 is 0 Å². The SMILES string of the molecule is Cc1nc(C2CC3CCC2O3)nc2c1CNC2. The van der Waals surface area contributed by atoms with Crippen LogP contribution >= 0.6 is 0 Å². The molecule has 0 radical (unpaired) electrons. The van der Waals surface area contributed by atoms with Crippen LogP contribution in [-0.4, -0.2) is 22.2 Å². The first-order chi connectivity index (χ1) is 8.31. The van der Waals surface area contributed by atoms with Crippen LogP contribution in [0, 0.1) is 6.92 Å². The van der Waals surface area contributed by atoms with Crippen molar-refractivity contribution in [3.05, 3.63) is 22.8 Å². The van der Waals surface area contributed by atoms with Gasteiger partial charge in [0.15, 0.2) is 0 Å². The van der Waals surface area contributed by atoms with Gasteiger partial charge in [-0.2, -0.15) is 0 Å². The van der Waals surface area contributed by atoms with E-state index >= 15 is 0 Å². The first-order valence-corrected chi connectivity index (χ1v) is 6.54. The molecule has 3 unspecified atom stereocenters. The number of aryl methyl sites for hydroxylation is 1. The van der Waals surface area contributed by atoms with Crippen LogP contribution in [0.1, 0.15) is 48.0 Å². The minimum Gasteiger partial charge on any atom is -0.374 e. The summed E-state index contributed by atoms with van der Waals surface area (Å²) >= 11 is 0. The smallest absolute Gasteiger partial charge is 0.134 e. The molecular formula is C13H17N3O. The van der Waals surface area contributed by atoms with E-state index in [9.17, 15) is 0 Å². The highest BCUT2D eigenvalue weighted by molar-refractivity contribution is 5.29. The van der Waals surface area contributed by atoms with E-state index in [4.69, 9.17) is 14.7 Å². The summed E-state index contributed by atoms with van der Waals surface area (Å²) in [5.41, 5.74) is 3.66. The summed E-state index contributed by atoms with van der Waals surface area (Å²) in [7, 11) is 0. The first-order valence-electron chi connectivity index (χ1n) is 6.54. The summed E-state index contributed by atoms with van der Waals surface area (Å²) in [5.74, 6) is 1.47. The van der Waals surface area contributed by atoms with Crippen LogP contribution in [-0.2, 0) is 17.8 Å². The molecule has 2 saturated heterocycles. The van der Waals surface area contributed by atoms with E-state index in [1.165, 1.54) is 24.1 Å². The van der Waals surface area contributed by atoms with Crippen molar-refractivity contribution in [1.29, 1.82) is 0 Å². The maximum absolute atomic E-state index is 5.90. The van der Waals surface area contributed by atoms with Crippen molar-refractivity contribution in [2.75, 3.05) is 0 Å². The molecule has 1 aromatic rings. The third-order valence-electron chi connectivity index (χ3n) is 4.35. The van der Waals surface area contributed by atoms with Gasteiger partial charge in [0, 0.05) is 30.3 Å². The fourth-order valence-corrected chi connectivity index (χ4v) is 3.44. The van der Waals surface area contributed by atoms with Crippen molar-refractivity contribution in [2.45, 2.75) is 57.4 Å². The number of hydrogen-bond acceptors (Lipinski definition) is 4. The third kappa shape index (κ3) is 1.44. The first kappa shape index (κ1) is 9.97. The van der Waals surface area contributed by atoms with Crippen molar-refractivity contribution >= 4 is 0 Å². The average molecular weight is 231 g/mol. The zero-order valence-corrected chi connectivity index (χ0v) is 10.1. The number of nitrogens with one attached hydrogen (secondary N) is 1. The van der Waals surface area contributed by atoms with E-state index in [-0.39, 0.29) is 0 Å². The van der Waals surface area contributed by atoms with Crippen LogP contribution in [0.5, 0.6) is 0 Å². The van der Waals surface area contributed by atoms with E-state index in [0.717, 1.165) is 31.0 Å². The molecule has 4 heterocycles. The molecule has 3 atom stereocenters. The van der Waals surface area contributed by atoms with Gasteiger partial charge in [0.05, 0.1) is 17.9 Å². The zero-order valence-electron chi connectivity index (χ0n) is 10.1. The predicted molar refractivity (Wildman–Crippen MR) is 62.6 cm³/mol. The molecule has 2 fully saturated rings. The largest absolute Gasteiger partial charge is 0.374 e. The molecule has 4 nitrogen and oxygen atoms in total. The molecule has 17 heavy (non-hydrogen) atoms. The van der Waals surface area contributed by atoms with E-state index in [1.807, 2.05) is 0 Å². The Morgan fingerprint density at radius 3 is 2.94 bits per heavy atom. The second-order valence-electron chi connectivity index (χ2n) is 5.41. The highest BCUT2D eigenvalue weighted by Crippen LogP contribution is 2.43. The number of nitrogens with zero attached hydrogens (tertiary/aromatic N) is 2. The molecule has 0 aromatic carbocycles. The minimum atomic E-state index is 0.381. The van der Waals surface area contributed by atoms with Crippen molar-refractivity contribution < 1.29 is 4.74 Å². The summed E-state index contributed by atoms with van der Waals surface area (Å²) in [6, 6.07) is 0. The Kier molecular flexibility index (Phi) is 2.05. The second-order valence-corrected chi connectivity index (χ2v) is 5.41. The quantitative estimate of drug-likeness (QED) is 0.794. The molecule has 3 aliphatic rings. The van der Waals surface area contributed by atoms with Crippen molar-refractivity contribution in [3.63, 3.8) is 0 Å². The Balaban J connectivity index is 1.73. The van der Waals surface area contributed by atoms with Gasteiger partial charge in [-0.05, 0) is 26.2 Å². The van der Waals surface area contributed by atoms with Gasteiger partial charge >= 0.3 is 0 Å². The topological polar surface area (TPSA) is 47.0 Å². The van der Waals surface area contributed by atoms with Crippen LogP contribution < -0.4 is 5.32 Å². The fourth-order valence-electron chi connectivity index (χ4n) is 3.44. The molecular weight excluding hydrogens is 214 g/mol. The summed E-state index contributed by atoms with van der Waals surface area (Å²) < 4.78 is 5.90. The normalized spacial score (nSPS) is 34.3. The highest BCUT2D eigenvalue weighted by atomic mass is 16.5. The minimum absolute atomic E-state index is 0.381. The van der Waals surface area contributed by atoms with Crippen molar-refractivity contribution in [2.24, 2.45) is 0 Å². The summed E-state index contributed by atoms with van der Waals surface area (Å²) in [6.45, 7) is 3.92. The summed E-state index contributed by atoms with van der Waals surface area (Å²) in [4.78, 5) is 9.48. The zero-order chi connectivity index (χ0) is 11.4. The Hall–Kier alpha value is -1.00. The predicted octanol–water partition coefficient (Wildman–Crippen LogP) is 1.42. The maximum Gasteiger partial charge on any atom is 0.134 e. The van der Waals surface area contributed by atoms with Crippen LogP contribution in [0.3, 0.4) is 0 Å². The van der Waals surface area contributed by atoms with Crippen molar-refractivity contribution in [3.8, 4) is 0 Å². The molecule has 4 rings (SSSR count). The number of aromatic nitrogens is 2. The standard InChI is InChI=1S/C13H17N3O/c1-7-10-5-14-6-11(10)16-13(15-7)9-4-8-2-3-12(9)17-8/h8-9,12,14H,2-6H2,1H3. The van der Waals surface area contributed by atoms with Gasteiger partial charge in [0.1, 0.15) is 5.82 Å². The van der Waals surface area contributed by atoms with Crippen molar-refractivity contribution in [1.82, 2.24) is 15.3 Å². The van der Waals surface area contributed by atoms with Gasteiger partial charge in [0.2, 0.25) is 0 Å². The van der Waals surface area contributed by atoms with Crippen LogP contribution in [0.15, 0.2) is 0 Å². The summed E-state index contributed by atoms with van der Waals surface area (Å²) in [5, 5.41) is 3.35. The van der Waals surface area contributed by atoms with E-state index in [0.29, 0.717) is 18.1 Å². The molecule has 2 bridgehead atoms. The molecule has 0 saturated carbocycles. The van der Waals surface area contributed by atoms with Gasteiger partial charge in [-0.3, -0.25) is 0 Å². The molecule has 1 N–H and O–H groups in total. The summed E-state index contributed by atoms with van der Waals surface area (Å²) in [6.07, 6.45) is 4.39. The second kappa shape index (κ2) is 3.50. The highest BCUT2D eigenvalue weighted by Gasteiger charge is 2.43. The molecule has 1 aromatic heterocycles. The van der Waals surface area contributed by atoms with Crippen LogP contribution in [0.4, 0.5) is 0 Å². The van der Waals surface area contributed by atoms with Gasteiger partial charge < -0.3 is 10.1 Å². The molecule has 0 aliphatic carbocycles. The van der Waals surface area contributed by atoms with Gasteiger partial charge in [-0.15, -0.1) is 0 Å². The van der Waals surface area contributed by atoms with Gasteiger partial charge in [-0.1, -0.05) is 0 Å². The number of fused-ring (bicyclic) bond motifs is 3. The molecule has 0 amide bonds. The fraction of sp³-hybridized carbons (Fsp3) is 0.692. The lowest BCUT2D eigenvalue weighted by Crippen LogP contribution is -2.18. The average Bonchev–Trinajstić information content (AvgIpc) is 3.04. The lowest BCUT2D eigenvalue weighted by molar-refractivity contribution is 0.0998. The molecule has 90 valence electrons. The Bertz CT molecular complexity index is 474. The lowest BCUT2D eigenvalue weighted by Gasteiger charge is -2.18. The maximum atomic E-state index is 5.90. The Labute approximate surface area is 101 Å². The van der Waals surface area contributed by atoms with E-state index in [1.54, 1.807) is 0 Å². The van der Waals surface area contributed by atoms with Gasteiger partial charge in [0.25, 0.3) is 0 Å². The molecule has 3 aliphatic heterocycles. The van der Waals surface area contributed by atoms with Crippen LogP contribution in [0.2, 0.25) is 0 Å². The monoisotopic (exact) mass is 231 g/mol. The number of rotatable bonds is 1. The van der Waals surface area contributed by atoms with Crippen LogP contribution in [0.25, 0.3) is 0 Å². The number of ether oxygens (including phenoxy) is 1. The third-order valence-corrected chi connectivity index (χ3v) is 4.35. The lowest BCUT2D eigenvalue weighted by atomic mass is 9.88. The van der Waals surface area contributed by atoms with Gasteiger partial charge in [-0.25, -0.2) is 9.97 Å². The van der Waals surface area contributed by atoms with E-state index in [2.05, 4.69) is 12.2 Å². The Morgan fingerprint density at radius 2 is 2.18 bits per heavy atom. The molecule has 4 heteroatoms. The Morgan fingerprint density at radius 1 is 1.24 bits per heavy atom. The molecule has 0 spiro atoms. The number of hydrogen-bond donors (Lipinski definition) is 1.